The molecule has 2 aliphatic rings. The van der Waals surface area contributed by atoms with E-state index >= 15 is 0 Å². The van der Waals surface area contributed by atoms with Crippen LogP contribution in [0.1, 0.15) is 31.4 Å². The van der Waals surface area contributed by atoms with Crippen molar-refractivity contribution in [3.8, 4) is 11.3 Å². The Morgan fingerprint density at radius 3 is 2.68 bits per heavy atom. The van der Waals surface area contributed by atoms with Crippen molar-refractivity contribution in [1.82, 2.24) is 15.0 Å². The van der Waals surface area contributed by atoms with E-state index in [-0.39, 0.29) is 17.7 Å². The number of piperidine rings is 1. The molecule has 2 fully saturated rings. The fourth-order valence-electron chi connectivity index (χ4n) is 4.25. The summed E-state index contributed by atoms with van der Waals surface area (Å²) in [6.07, 6.45) is 3.99. The molecule has 1 atom stereocenters. The molecule has 1 aromatic carbocycles. The van der Waals surface area contributed by atoms with Gasteiger partial charge in [-0.1, -0.05) is 35.5 Å². The molecule has 6 nitrogen and oxygen atoms in total. The smallest absolute Gasteiger partial charge is 0.230 e. The van der Waals surface area contributed by atoms with Gasteiger partial charge in [0.15, 0.2) is 0 Å². The van der Waals surface area contributed by atoms with Crippen molar-refractivity contribution in [1.29, 1.82) is 0 Å². The monoisotopic (exact) mass is 381 g/mol. The van der Waals surface area contributed by atoms with E-state index < -0.39 is 5.41 Å². The second-order valence-corrected chi connectivity index (χ2v) is 8.34. The topological polar surface area (TPSA) is 66.7 Å². The number of rotatable bonds is 5. The van der Waals surface area contributed by atoms with Crippen LogP contribution in [0.15, 0.2) is 40.9 Å². The van der Waals surface area contributed by atoms with Crippen LogP contribution in [-0.4, -0.2) is 54.0 Å². The second kappa shape index (κ2) is 7.41. The van der Waals surface area contributed by atoms with Crippen LogP contribution in [0.4, 0.5) is 0 Å². The molecule has 0 bridgehead atoms. The Bertz CT molecular complexity index is 857. The first-order valence-corrected chi connectivity index (χ1v) is 10.0. The molecule has 1 saturated carbocycles. The van der Waals surface area contributed by atoms with Gasteiger partial charge in [-0.25, -0.2) is 0 Å². The minimum Gasteiger partial charge on any atom is -0.361 e. The molecule has 28 heavy (non-hydrogen) atoms. The summed E-state index contributed by atoms with van der Waals surface area (Å²) in [5.41, 5.74) is 1.10. The van der Waals surface area contributed by atoms with Gasteiger partial charge in [-0.2, -0.15) is 0 Å². The molecular weight excluding hydrogens is 354 g/mol. The van der Waals surface area contributed by atoms with Crippen molar-refractivity contribution in [2.24, 2.45) is 11.3 Å². The Kier molecular flexibility index (Phi) is 4.96. The molecule has 1 aromatic heterocycles. The molecule has 6 heteroatoms. The summed E-state index contributed by atoms with van der Waals surface area (Å²) in [5.74, 6) is 1.12. The average Bonchev–Trinajstić information content (AvgIpc) is 3.46. The molecule has 0 radical (unpaired) electrons. The molecule has 1 aliphatic heterocycles. The minimum atomic E-state index is -0.653. The number of nitrogens with zero attached hydrogens (tertiary/aromatic N) is 3. The van der Waals surface area contributed by atoms with Crippen LogP contribution in [-0.2, 0) is 16.0 Å². The van der Waals surface area contributed by atoms with Crippen molar-refractivity contribution in [3.05, 3.63) is 42.2 Å². The van der Waals surface area contributed by atoms with Crippen molar-refractivity contribution >= 4 is 11.8 Å². The largest absolute Gasteiger partial charge is 0.361 e. The van der Waals surface area contributed by atoms with E-state index in [0.717, 1.165) is 43.5 Å². The number of carbonyl (C=O) groups is 2. The Morgan fingerprint density at radius 2 is 2.00 bits per heavy atom. The summed E-state index contributed by atoms with van der Waals surface area (Å²) < 4.78 is 5.61. The number of aromatic nitrogens is 1. The van der Waals surface area contributed by atoms with Crippen LogP contribution in [0.25, 0.3) is 11.3 Å². The van der Waals surface area contributed by atoms with E-state index in [9.17, 15) is 9.59 Å². The van der Waals surface area contributed by atoms with Gasteiger partial charge >= 0.3 is 0 Å². The van der Waals surface area contributed by atoms with Gasteiger partial charge in [0.05, 0.1) is 5.41 Å². The predicted molar refractivity (Wildman–Crippen MR) is 105 cm³/mol. The molecule has 1 saturated heterocycles. The predicted octanol–water partition coefficient (Wildman–Crippen LogP) is 2.99. The maximum absolute atomic E-state index is 13.2. The van der Waals surface area contributed by atoms with Gasteiger partial charge in [0, 0.05) is 51.2 Å². The van der Waals surface area contributed by atoms with Crippen LogP contribution in [0, 0.1) is 11.3 Å². The first-order valence-electron chi connectivity index (χ1n) is 10.0. The average molecular weight is 381 g/mol. The minimum absolute atomic E-state index is 0.0541. The first kappa shape index (κ1) is 18.7. The highest BCUT2D eigenvalue weighted by atomic mass is 16.5. The number of carbonyl (C=O) groups excluding carboxylic acids is 2. The van der Waals surface area contributed by atoms with Gasteiger partial charge in [-0.05, 0) is 25.7 Å². The van der Waals surface area contributed by atoms with Crippen LogP contribution >= 0.6 is 0 Å². The zero-order valence-electron chi connectivity index (χ0n) is 16.6. The molecule has 4 rings (SSSR count). The van der Waals surface area contributed by atoms with Gasteiger partial charge in [-0.3, -0.25) is 9.59 Å². The van der Waals surface area contributed by atoms with E-state index in [1.54, 1.807) is 19.0 Å². The van der Waals surface area contributed by atoms with Crippen LogP contribution < -0.4 is 0 Å². The number of likely N-dealkylation sites (tertiary alicyclic amines) is 1. The molecular formula is C22H27N3O3. The summed E-state index contributed by atoms with van der Waals surface area (Å²) >= 11 is 0. The maximum Gasteiger partial charge on any atom is 0.230 e. The lowest BCUT2D eigenvalue weighted by atomic mass is 9.75. The summed E-state index contributed by atoms with van der Waals surface area (Å²) in [4.78, 5) is 29.4. The third kappa shape index (κ3) is 3.68. The highest BCUT2D eigenvalue weighted by Gasteiger charge is 2.47. The number of hydrogen-bond donors (Lipinski definition) is 0. The highest BCUT2D eigenvalue weighted by molar-refractivity contribution is 5.86. The Morgan fingerprint density at radius 1 is 1.25 bits per heavy atom. The van der Waals surface area contributed by atoms with Crippen LogP contribution in [0.5, 0.6) is 0 Å². The maximum atomic E-state index is 13.2. The zero-order chi connectivity index (χ0) is 19.7. The van der Waals surface area contributed by atoms with Crippen molar-refractivity contribution in [2.75, 3.05) is 27.2 Å². The Balaban J connectivity index is 1.59. The molecule has 0 N–H and O–H groups in total. The van der Waals surface area contributed by atoms with Crippen molar-refractivity contribution < 1.29 is 14.1 Å². The summed E-state index contributed by atoms with van der Waals surface area (Å²) in [6.45, 7) is 1.20. The third-order valence-corrected chi connectivity index (χ3v) is 5.82. The van der Waals surface area contributed by atoms with Gasteiger partial charge < -0.3 is 14.3 Å². The molecule has 1 aliphatic carbocycles. The van der Waals surface area contributed by atoms with E-state index in [4.69, 9.17) is 4.52 Å². The van der Waals surface area contributed by atoms with E-state index in [2.05, 4.69) is 5.16 Å². The first-order chi connectivity index (χ1) is 13.5. The molecule has 0 unspecified atom stereocenters. The van der Waals surface area contributed by atoms with Crippen molar-refractivity contribution in [3.63, 3.8) is 0 Å². The number of amides is 2. The number of hydrogen-bond acceptors (Lipinski definition) is 4. The van der Waals surface area contributed by atoms with Gasteiger partial charge in [0.25, 0.3) is 0 Å². The third-order valence-electron chi connectivity index (χ3n) is 5.82. The van der Waals surface area contributed by atoms with Crippen molar-refractivity contribution in [2.45, 2.75) is 32.1 Å². The van der Waals surface area contributed by atoms with E-state index in [0.29, 0.717) is 18.7 Å². The Hall–Kier alpha value is -2.63. The number of benzene rings is 1. The molecule has 2 aromatic rings. The highest BCUT2D eigenvalue weighted by Crippen LogP contribution is 2.39. The molecule has 2 heterocycles. The fourth-order valence-corrected chi connectivity index (χ4v) is 4.25. The van der Waals surface area contributed by atoms with E-state index in [1.165, 1.54) is 0 Å². The van der Waals surface area contributed by atoms with Gasteiger partial charge in [0.1, 0.15) is 11.5 Å². The summed E-state index contributed by atoms with van der Waals surface area (Å²) in [5, 5.41) is 4.20. The van der Waals surface area contributed by atoms with Crippen LogP contribution in [0.3, 0.4) is 0 Å². The lowest BCUT2D eigenvalue weighted by molar-refractivity contribution is -0.148. The summed E-state index contributed by atoms with van der Waals surface area (Å²) in [6, 6.07) is 11.8. The fraction of sp³-hybridized carbons (Fsp3) is 0.500. The molecule has 2 amide bonds. The SMILES string of the molecule is CN(C)C(=O)[C@@]1(Cc2cc(-c3ccccc3)no2)CCCN(C(=O)C2CC2)C1. The molecule has 148 valence electrons. The second-order valence-electron chi connectivity index (χ2n) is 8.34. The van der Waals surface area contributed by atoms with E-state index in [1.807, 2.05) is 41.3 Å². The molecule has 0 spiro atoms. The Labute approximate surface area is 165 Å². The normalized spacial score (nSPS) is 22.1. The summed E-state index contributed by atoms with van der Waals surface area (Å²) in [7, 11) is 3.56. The lowest BCUT2D eigenvalue weighted by Crippen LogP contribution is -2.54. The quantitative estimate of drug-likeness (QED) is 0.799. The standard InChI is InChI=1S/C22H27N3O3/c1-24(2)21(27)22(11-6-12-25(15-22)20(26)17-9-10-17)14-18-13-19(23-28-18)16-7-4-3-5-8-16/h3-5,7-8,13,17H,6,9-12,14-15H2,1-2H3/t22-/m1/s1. The van der Waals surface area contributed by atoms with Gasteiger partial charge in [-0.15, -0.1) is 0 Å². The lowest BCUT2D eigenvalue weighted by Gasteiger charge is -2.42. The zero-order valence-corrected chi connectivity index (χ0v) is 16.6. The van der Waals surface area contributed by atoms with Crippen LogP contribution in [0.2, 0.25) is 0 Å². The van der Waals surface area contributed by atoms with Gasteiger partial charge in [0.2, 0.25) is 11.8 Å².